The Kier molecular flexibility index (Phi) is 10.6. The third-order valence-corrected chi connectivity index (χ3v) is 7.62. The van der Waals surface area contributed by atoms with Crippen molar-refractivity contribution in [3.8, 4) is 0 Å². The molecule has 0 radical (unpaired) electrons. The first-order chi connectivity index (χ1) is 16.6. The number of hydrogen-bond donors (Lipinski definition) is 0. The molecule has 34 heavy (non-hydrogen) atoms. The molecule has 0 unspecified atom stereocenters. The second-order valence-electron chi connectivity index (χ2n) is 9.92. The number of rotatable bonds is 12. The van der Waals surface area contributed by atoms with Crippen molar-refractivity contribution in [1.82, 2.24) is 0 Å². The van der Waals surface area contributed by atoms with E-state index in [1.54, 1.807) is 0 Å². The van der Waals surface area contributed by atoms with E-state index in [2.05, 4.69) is 71.0 Å². The molecule has 0 amide bonds. The predicted molar refractivity (Wildman–Crippen MR) is 151 cm³/mol. The number of aryl methyl sites for hydroxylation is 4. The molecule has 0 aromatic heterocycles. The quantitative estimate of drug-likeness (QED) is 0.223. The second kappa shape index (κ2) is 13.6. The molecule has 0 atom stereocenters. The maximum atomic E-state index is 5.36. The average molecular weight is 459 g/mol. The standard InChI is InChI=1S/C32H46N2/c1-6-26-19-14-20-27(7-2)31(26)33-24(5)30(23-13-12-18-25-16-10-11-17-25)34-32-28(8-3)21-15-22-29(32)9-4/h14-15,19-22,25H,6-13,16-18,23H2,1-5H3. The van der Waals surface area contributed by atoms with Gasteiger partial charge in [0, 0.05) is 0 Å². The fourth-order valence-electron chi connectivity index (χ4n) is 5.43. The Balaban J connectivity index is 1.95. The van der Waals surface area contributed by atoms with E-state index >= 15 is 0 Å². The zero-order valence-corrected chi connectivity index (χ0v) is 22.4. The van der Waals surface area contributed by atoms with Crippen LogP contribution in [0.3, 0.4) is 0 Å². The molecule has 1 fully saturated rings. The number of hydrogen-bond acceptors (Lipinski definition) is 2. The molecule has 1 aliphatic carbocycles. The van der Waals surface area contributed by atoms with Gasteiger partial charge in [0.2, 0.25) is 0 Å². The van der Waals surface area contributed by atoms with Crippen LogP contribution in [0.1, 0.15) is 108 Å². The van der Waals surface area contributed by atoms with E-state index in [-0.39, 0.29) is 0 Å². The molecule has 0 spiro atoms. The third-order valence-electron chi connectivity index (χ3n) is 7.62. The van der Waals surface area contributed by atoms with Crippen LogP contribution in [-0.4, -0.2) is 11.4 Å². The van der Waals surface area contributed by atoms with Gasteiger partial charge in [0.1, 0.15) is 0 Å². The summed E-state index contributed by atoms with van der Waals surface area (Å²) in [7, 11) is 0. The van der Waals surface area contributed by atoms with E-state index in [0.29, 0.717) is 0 Å². The number of unbranched alkanes of at least 4 members (excludes halogenated alkanes) is 1. The van der Waals surface area contributed by atoms with E-state index in [0.717, 1.165) is 43.7 Å². The molecule has 1 aliphatic rings. The van der Waals surface area contributed by atoms with E-state index in [1.807, 2.05) is 0 Å². The van der Waals surface area contributed by atoms with Crippen LogP contribution in [0.25, 0.3) is 0 Å². The van der Waals surface area contributed by atoms with Crippen molar-refractivity contribution in [2.24, 2.45) is 15.9 Å². The fourth-order valence-corrected chi connectivity index (χ4v) is 5.43. The molecular weight excluding hydrogens is 412 g/mol. The monoisotopic (exact) mass is 458 g/mol. The van der Waals surface area contributed by atoms with Crippen LogP contribution in [0.2, 0.25) is 0 Å². The lowest BCUT2D eigenvalue weighted by atomic mass is 9.98. The van der Waals surface area contributed by atoms with Gasteiger partial charge >= 0.3 is 0 Å². The number of aliphatic imine (C=N–C) groups is 2. The molecular formula is C32H46N2. The van der Waals surface area contributed by atoms with Crippen molar-refractivity contribution in [2.45, 2.75) is 112 Å². The molecule has 1 saturated carbocycles. The Bertz CT molecular complexity index is 932. The molecule has 2 heteroatoms. The maximum absolute atomic E-state index is 5.36. The Labute approximate surface area is 209 Å². The SMILES string of the molecule is CCc1cccc(CC)c1N=C(C)C(CCCCC1CCCC1)=Nc1c(CC)cccc1CC. The molecule has 2 aromatic carbocycles. The van der Waals surface area contributed by atoms with Gasteiger partial charge in [-0.3, -0.25) is 9.98 Å². The van der Waals surface area contributed by atoms with Crippen molar-refractivity contribution in [2.75, 3.05) is 0 Å². The van der Waals surface area contributed by atoms with E-state index < -0.39 is 0 Å². The molecule has 0 aliphatic heterocycles. The van der Waals surface area contributed by atoms with Crippen LogP contribution in [0.4, 0.5) is 11.4 Å². The van der Waals surface area contributed by atoms with Crippen LogP contribution < -0.4 is 0 Å². The Morgan fingerprint density at radius 2 is 1.18 bits per heavy atom. The molecule has 2 nitrogen and oxygen atoms in total. The van der Waals surface area contributed by atoms with E-state index in [4.69, 9.17) is 9.98 Å². The third kappa shape index (κ3) is 6.90. The largest absolute Gasteiger partial charge is 0.251 e. The first-order valence-corrected chi connectivity index (χ1v) is 14.0. The van der Waals surface area contributed by atoms with Gasteiger partial charge in [0.15, 0.2) is 0 Å². The minimum Gasteiger partial charge on any atom is -0.251 e. The lowest BCUT2D eigenvalue weighted by Crippen LogP contribution is -2.11. The van der Waals surface area contributed by atoms with Crippen molar-refractivity contribution in [3.05, 3.63) is 58.7 Å². The second-order valence-corrected chi connectivity index (χ2v) is 9.92. The normalized spacial score (nSPS) is 15.3. The highest BCUT2D eigenvalue weighted by Gasteiger charge is 2.16. The summed E-state index contributed by atoms with van der Waals surface area (Å²) in [5, 5.41) is 0. The minimum absolute atomic E-state index is 0.964. The number of nitrogens with zero attached hydrogens (tertiary/aromatic N) is 2. The van der Waals surface area contributed by atoms with Crippen molar-refractivity contribution in [1.29, 1.82) is 0 Å². The summed E-state index contributed by atoms with van der Waals surface area (Å²) in [6.45, 7) is 11.1. The van der Waals surface area contributed by atoms with Gasteiger partial charge in [-0.2, -0.15) is 0 Å². The zero-order chi connectivity index (χ0) is 24.3. The lowest BCUT2D eigenvalue weighted by molar-refractivity contribution is 0.477. The smallest absolute Gasteiger partial charge is 0.0697 e. The van der Waals surface area contributed by atoms with Crippen LogP contribution in [0.5, 0.6) is 0 Å². The predicted octanol–water partition coefficient (Wildman–Crippen LogP) is 9.55. The molecule has 0 N–H and O–H groups in total. The first kappa shape index (κ1) is 26.4. The highest BCUT2D eigenvalue weighted by molar-refractivity contribution is 6.42. The van der Waals surface area contributed by atoms with Gasteiger partial charge in [-0.05, 0) is 73.6 Å². The van der Waals surface area contributed by atoms with Crippen LogP contribution in [0.15, 0.2) is 46.4 Å². The minimum atomic E-state index is 0.964. The summed E-state index contributed by atoms with van der Waals surface area (Å²) in [4.78, 5) is 10.6. The first-order valence-electron chi connectivity index (χ1n) is 14.0. The Hall–Kier alpha value is -2.22. The summed E-state index contributed by atoms with van der Waals surface area (Å²) in [6, 6.07) is 13.3. The van der Waals surface area contributed by atoms with Crippen LogP contribution >= 0.6 is 0 Å². The van der Waals surface area contributed by atoms with E-state index in [9.17, 15) is 0 Å². The van der Waals surface area contributed by atoms with Gasteiger partial charge in [-0.15, -0.1) is 0 Å². The topological polar surface area (TPSA) is 24.7 Å². The van der Waals surface area contributed by atoms with E-state index in [1.165, 1.54) is 84.3 Å². The van der Waals surface area contributed by atoms with Gasteiger partial charge in [-0.25, -0.2) is 0 Å². The lowest BCUT2D eigenvalue weighted by Gasteiger charge is -2.15. The van der Waals surface area contributed by atoms with Gasteiger partial charge in [0.05, 0.1) is 22.8 Å². The molecule has 3 rings (SSSR count). The average Bonchev–Trinajstić information content (AvgIpc) is 3.39. The van der Waals surface area contributed by atoms with Crippen molar-refractivity contribution in [3.63, 3.8) is 0 Å². The summed E-state index contributed by atoms with van der Waals surface area (Å²) < 4.78 is 0. The number of para-hydroxylation sites is 2. The zero-order valence-electron chi connectivity index (χ0n) is 22.4. The van der Waals surface area contributed by atoms with Crippen molar-refractivity contribution < 1.29 is 0 Å². The summed E-state index contributed by atoms with van der Waals surface area (Å²) >= 11 is 0. The summed E-state index contributed by atoms with van der Waals surface area (Å²) in [5.41, 5.74) is 9.98. The highest BCUT2D eigenvalue weighted by Crippen LogP contribution is 2.31. The van der Waals surface area contributed by atoms with Crippen molar-refractivity contribution >= 4 is 22.8 Å². The molecule has 0 bridgehead atoms. The molecule has 184 valence electrons. The molecule has 0 heterocycles. The highest BCUT2D eigenvalue weighted by atomic mass is 14.8. The summed E-state index contributed by atoms with van der Waals surface area (Å²) in [6.07, 6.45) is 14.7. The maximum Gasteiger partial charge on any atom is 0.0697 e. The van der Waals surface area contributed by atoms with Gasteiger partial charge in [0.25, 0.3) is 0 Å². The fraction of sp³-hybridized carbons (Fsp3) is 0.562. The summed E-state index contributed by atoms with van der Waals surface area (Å²) in [5.74, 6) is 0.964. The molecule has 2 aromatic rings. The van der Waals surface area contributed by atoms with Crippen LogP contribution in [0, 0.1) is 5.92 Å². The van der Waals surface area contributed by atoms with Crippen LogP contribution in [-0.2, 0) is 25.7 Å². The Morgan fingerprint density at radius 1 is 0.706 bits per heavy atom. The Morgan fingerprint density at radius 3 is 1.65 bits per heavy atom. The van der Waals surface area contributed by atoms with Gasteiger partial charge < -0.3 is 0 Å². The van der Waals surface area contributed by atoms with Gasteiger partial charge in [-0.1, -0.05) is 103 Å². The molecule has 0 saturated heterocycles. The number of benzene rings is 2.